The lowest BCUT2D eigenvalue weighted by Gasteiger charge is -2.25. The van der Waals surface area contributed by atoms with Crippen LogP contribution < -0.4 is 0 Å². The van der Waals surface area contributed by atoms with Crippen LogP contribution in [0.5, 0.6) is 0 Å². The molecule has 0 spiro atoms. The number of hydrogen-bond acceptors (Lipinski definition) is 1. The fourth-order valence-corrected chi connectivity index (χ4v) is 1.97. The summed E-state index contributed by atoms with van der Waals surface area (Å²) in [5.41, 5.74) is 4.55. The Kier molecular flexibility index (Phi) is 2.36. The van der Waals surface area contributed by atoms with E-state index in [1.807, 2.05) is 0 Å². The first kappa shape index (κ1) is 8.76. The fraction of sp³-hybridized carbons (Fsp3) is 0.500. The number of fused-ring (bicyclic) bond motifs is 1. The summed E-state index contributed by atoms with van der Waals surface area (Å²) in [6.45, 7) is 4.55. The molecule has 0 aromatic heterocycles. The average molecular weight is 175 g/mol. The van der Waals surface area contributed by atoms with E-state index in [1.165, 1.54) is 24.1 Å². The molecule has 0 N–H and O–H groups in total. The normalized spacial score (nSPS) is 17.1. The molecule has 1 aliphatic rings. The minimum absolute atomic E-state index is 1.13. The van der Waals surface area contributed by atoms with E-state index in [0.717, 1.165) is 13.0 Å². The van der Waals surface area contributed by atoms with E-state index in [-0.39, 0.29) is 0 Å². The van der Waals surface area contributed by atoms with Crippen molar-refractivity contribution in [2.24, 2.45) is 0 Å². The predicted molar refractivity (Wildman–Crippen MR) is 55.9 cm³/mol. The van der Waals surface area contributed by atoms with Crippen molar-refractivity contribution in [1.82, 2.24) is 4.90 Å². The minimum Gasteiger partial charge on any atom is -0.302 e. The largest absolute Gasteiger partial charge is 0.302 e. The molecule has 0 fully saturated rings. The maximum atomic E-state index is 2.39. The molecule has 13 heavy (non-hydrogen) atoms. The molecule has 70 valence electrons. The molecule has 0 saturated carbocycles. The van der Waals surface area contributed by atoms with Crippen molar-refractivity contribution in [2.75, 3.05) is 13.6 Å². The van der Waals surface area contributed by atoms with Crippen LogP contribution in [-0.2, 0) is 19.4 Å². The Bertz CT molecular complexity index is 304. The van der Waals surface area contributed by atoms with Crippen LogP contribution in [-0.4, -0.2) is 18.5 Å². The lowest BCUT2D eigenvalue weighted by molar-refractivity contribution is 0.313. The van der Waals surface area contributed by atoms with Crippen LogP contribution >= 0.6 is 0 Å². The van der Waals surface area contributed by atoms with Crippen molar-refractivity contribution < 1.29 is 0 Å². The molecular formula is C12H17N. The van der Waals surface area contributed by atoms with Crippen molar-refractivity contribution in [1.29, 1.82) is 0 Å². The van der Waals surface area contributed by atoms with Crippen LogP contribution in [0.25, 0.3) is 0 Å². The average Bonchev–Trinajstić information content (AvgIpc) is 2.16. The first-order valence-electron chi connectivity index (χ1n) is 5.09. The molecule has 0 radical (unpaired) electrons. The third kappa shape index (κ3) is 1.75. The zero-order valence-electron chi connectivity index (χ0n) is 8.51. The standard InChI is InChI=1S/C12H17N/c1-3-10-4-5-11-6-7-13(2)9-12(11)8-10/h4-5,8H,3,6-7,9H2,1-2H3. The summed E-state index contributed by atoms with van der Waals surface area (Å²) in [5, 5.41) is 0. The molecule has 0 bridgehead atoms. The molecule has 0 amide bonds. The molecule has 0 unspecified atom stereocenters. The molecule has 0 aliphatic carbocycles. The maximum absolute atomic E-state index is 2.39. The van der Waals surface area contributed by atoms with Crippen LogP contribution in [0.4, 0.5) is 0 Å². The van der Waals surface area contributed by atoms with Crippen molar-refractivity contribution in [3.05, 3.63) is 34.9 Å². The Morgan fingerprint density at radius 1 is 1.31 bits per heavy atom. The van der Waals surface area contributed by atoms with Gasteiger partial charge in [0.25, 0.3) is 0 Å². The maximum Gasteiger partial charge on any atom is 0.0233 e. The topological polar surface area (TPSA) is 3.24 Å². The van der Waals surface area contributed by atoms with E-state index in [1.54, 1.807) is 5.56 Å². The van der Waals surface area contributed by atoms with E-state index in [4.69, 9.17) is 0 Å². The van der Waals surface area contributed by atoms with Gasteiger partial charge in [-0.1, -0.05) is 25.1 Å². The second-order valence-electron chi connectivity index (χ2n) is 3.94. The molecular weight excluding hydrogens is 158 g/mol. The van der Waals surface area contributed by atoms with E-state index >= 15 is 0 Å². The van der Waals surface area contributed by atoms with Crippen molar-refractivity contribution in [3.63, 3.8) is 0 Å². The summed E-state index contributed by atoms with van der Waals surface area (Å²) >= 11 is 0. The second kappa shape index (κ2) is 3.51. The van der Waals surface area contributed by atoms with Crippen LogP contribution in [0.3, 0.4) is 0 Å². The van der Waals surface area contributed by atoms with Crippen LogP contribution in [0.1, 0.15) is 23.6 Å². The van der Waals surface area contributed by atoms with E-state index in [9.17, 15) is 0 Å². The Morgan fingerprint density at radius 3 is 2.92 bits per heavy atom. The number of nitrogens with zero attached hydrogens (tertiary/aromatic N) is 1. The van der Waals surface area contributed by atoms with Gasteiger partial charge in [-0.25, -0.2) is 0 Å². The molecule has 0 saturated heterocycles. The predicted octanol–water partition coefficient (Wildman–Crippen LogP) is 2.24. The monoisotopic (exact) mass is 175 g/mol. The Hall–Kier alpha value is -0.820. The smallest absolute Gasteiger partial charge is 0.0233 e. The number of benzene rings is 1. The Labute approximate surface area is 80.4 Å². The highest BCUT2D eigenvalue weighted by Gasteiger charge is 2.12. The van der Waals surface area contributed by atoms with E-state index < -0.39 is 0 Å². The van der Waals surface area contributed by atoms with Gasteiger partial charge < -0.3 is 4.90 Å². The SMILES string of the molecule is CCc1ccc2c(c1)CN(C)CC2. The van der Waals surface area contributed by atoms with Gasteiger partial charge in [0.05, 0.1) is 0 Å². The summed E-state index contributed by atoms with van der Waals surface area (Å²) in [4.78, 5) is 2.39. The Balaban J connectivity index is 2.32. The number of rotatable bonds is 1. The number of aryl methyl sites for hydroxylation is 1. The molecule has 0 atom stereocenters. The van der Waals surface area contributed by atoms with Gasteiger partial charge in [-0.15, -0.1) is 0 Å². The van der Waals surface area contributed by atoms with Crippen molar-refractivity contribution in [2.45, 2.75) is 26.3 Å². The highest BCUT2D eigenvalue weighted by Crippen LogP contribution is 2.19. The van der Waals surface area contributed by atoms with Gasteiger partial charge in [0, 0.05) is 13.1 Å². The lowest BCUT2D eigenvalue weighted by atomic mass is 9.97. The van der Waals surface area contributed by atoms with Gasteiger partial charge in [-0.2, -0.15) is 0 Å². The highest BCUT2D eigenvalue weighted by atomic mass is 15.1. The third-order valence-corrected chi connectivity index (χ3v) is 2.88. The molecule has 2 rings (SSSR count). The Morgan fingerprint density at radius 2 is 2.15 bits per heavy atom. The first-order chi connectivity index (χ1) is 6.29. The van der Waals surface area contributed by atoms with Crippen molar-refractivity contribution in [3.8, 4) is 0 Å². The van der Waals surface area contributed by atoms with Gasteiger partial charge in [0.2, 0.25) is 0 Å². The summed E-state index contributed by atoms with van der Waals surface area (Å²) in [6, 6.07) is 6.94. The lowest BCUT2D eigenvalue weighted by Crippen LogP contribution is -2.26. The molecule has 1 aromatic rings. The molecule has 1 heterocycles. The first-order valence-corrected chi connectivity index (χ1v) is 5.09. The number of likely N-dealkylation sites (N-methyl/N-ethyl adjacent to an activating group) is 1. The van der Waals surface area contributed by atoms with E-state index in [0.29, 0.717) is 0 Å². The summed E-state index contributed by atoms with van der Waals surface area (Å²) < 4.78 is 0. The van der Waals surface area contributed by atoms with Crippen LogP contribution in [0.2, 0.25) is 0 Å². The van der Waals surface area contributed by atoms with Gasteiger partial charge in [0.1, 0.15) is 0 Å². The van der Waals surface area contributed by atoms with Crippen LogP contribution in [0.15, 0.2) is 18.2 Å². The minimum atomic E-state index is 1.13. The number of hydrogen-bond donors (Lipinski definition) is 0. The third-order valence-electron chi connectivity index (χ3n) is 2.88. The second-order valence-corrected chi connectivity index (χ2v) is 3.94. The zero-order valence-corrected chi connectivity index (χ0v) is 8.51. The highest BCUT2D eigenvalue weighted by molar-refractivity contribution is 5.33. The van der Waals surface area contributed by atoms with Gasteiger partial charge in [0.15, 0.2) is 0 Å². The molecule has 1 aliphatic heterocycles. The van der Waals surface area contributed by atoms with Crippen molar-refractivity contribution >= 4 is 0 Å². The summed E-state index contributed by atoms with van der Waals surface area (Å²) in [7, 11) is 2.20. The van der Waals surface area contributed by atoms with Gasteiger partial charge in [-0.05, 0) is 36.6 Å². The molecule has 1 aromatic carbocycles. The molecule has 1 nitrogen and oxygen atoms in total. The van der Waals surface area contributed by atoms with Crippen LogP contribution in [0, 0.1) is 0 Å². The zero-order chi connectivity index (χ0) is 9.26. The summed E-state index contributed by atoms with van der Waals surface area (Å²) in [5.74, 6) is 0. The summed E-state index contributed by atoms with van der Waals surface area (Å²) in [6.07, 6.45) is 2.37. The van der Waals surface area contributed by atoms with Gasteiger partial charge >= 0.3 is 0 Å². The molecule has 1 heteroatoms. The quantitative estimate of drug-likeness (QED) is 0.632. The van der Waals surface area contributed by atoms with Gasteiger partial charge in [-0.3, -0.25) is 0 Å². The van der Waals surface area contributed by atoms with E-state index in [2.05, 4.69) is 37.1 Å². The fourth-order valence-electron chi connectivity index (χ4n) is 1.97.